The minimum Gasteiger partial charge on any atom is -0.504 e. The Balaban J connectivity index is 2.53. The highest BCUT2D eigenvalue weighted by molar-refractivity contribution is 5.44. The molecule has 17 heavy (non-hydrogen) atoms. The first-order valence-electron chi connectivity index (χ1n) is 6.36. The third-order valence-electron chi connectivity index (χ3n) is 2.45. The van der Waals surface area contributed by atoms with Crippen LogP contribution in [0.3, 0.4) is 0 Å². The van der Waals surface area contributed by atoms with Crippen molar-refractivity contribution in [1.29, 1.82) is 0 Å². The number of rotatable bonds is 8. The van der Waals surface area contributed by atoms with Crippen LogP contribution in [0.4, 0.5) is 0 Å². The molecule has 0 bridgehead atoms. The van der Waals surface area contributed by atoms with Crippen molar-refractivity contribution in [3.8, 4) is 17.2 Å². The Morgan fingerprint density at radius 1 is 1.00 bits per heavy atom. The molecule has 0 fully saturated rings. The average Bonchev–Trinajstić information content (AvgIpc) is 2.33. The summed E-state index contributed by atoms with van der Waals surface area (Å²) in [5, 5.41) is 9.63. The number of hydrogen-bond donors (Lipinski definition) is 1. The molecule has 0 radical (unpaired) electrons. The standard InChI is InChI=1S/C14H22O3/c1-3-5-9-16-12-7-8-13(15)14(11-12)17-10-6-4-2/h7-8,11,15H,3-6,9-10H2,1-2H3. The van der Waals surface area contributed by atoms with Crippen molar-refractivity contribution in [3.63, 3.8) is 0 Å². The van der Waals surface area contributed by atoms with E-state index in [4.69, 9.17) is 9.47 Å². The van der Waals surface area contributed by atoms with Crippen molar-refractivity contribution in [2.24, 2.45) is 0 Å². The monoisotopic (exact) mass is 238 g/mol. The van der Waals surface area contributed by atoms with E-state index in [9.17, 15) is 5.11 Å². The van der Waals surface area contributed by atoms with E-state index >= 15 is 0 Å². The molecule has 0 aromatic heterocycles. The maximum atomic E-state index is 9.63. The van der Waals surface area contributed by atoms with Gasteiger partial charge in [-0.2, -0.15) is 0 Å². The van der Waals surface area contributed by atoms with Crippen LogP contribution in [-0.2, 0) is 0 Å². The summed E-state index contributed by atoms with van der Waals surface area (Å²) in [5.74, 6) is 1.43. The highest BCUT2D eigenvalue weighted by Gasteiger charge is 2.04. The molecule has 0 saturated carbocycles. The molecule has 0 aliphatic carbocycles. The molecule has 0 unspecified atom stereocenters. The van der Waals surface area contributed by atoms with Gasteiger partial charge >= 0.3 is 0 Å². The molecule has 1 rings (SSSR count). The molecule has 0 atom stereocenters. The van der Waals surface area contributed by atoms with Crippen molar-refractivity contribution in [1.82, 2.24) is 0 Å². The summed E-state index contributed by atoms with van der Waals surface area (Å²) in [4.78, 5) is 0. The number of ether oxygens (including phenoxy) is 2. The zero-order chi connectivity index (χ0) is 12.5. The first-order chi connectivity index (χ1) is 8.27. The van der Waals surface area contributed by atoms with Crippen molar-refractivity contribution in [3.05, 3.63) is 18.2 Å². The fourth-order valence-corrected chi connectivity index (χ4v) is 1.36. The molecule has 1 N–H and O–H groups in total. The second-order valence-electron chi connectivity index (χ2n) is 4.03. The fourth-order valence-electron chi connectivity index (χ4n) is 1.36. The van der Waals surface area contributed by atoms with Crippen LogP contribution in [-0.4, -0.2) is 18.3 Å². The number of phenols is 1. The Bertz CT molecular complexity index is 323. The van der Waals surface area contributed by atoms with E-state index in [1.54, 1.807) is 18.2 Å². The van der Waals surface area contributed by atoms with Crippen LogP contribution < -0.4 is 9.47 Å². The SMILES string of the molecule is CCCCOc1ccc(O)c(OCCCC)c1. The van der Waals surface area contributed by atoms with Crippen LogP contribution in [0.5, 0.6) is 17.2 Å². The Morgan fingerprint density at radius 2 is 1.65 bits per heavy atom. The summed E-state index contributed by atoms with van der Waals surface area (Å²) >= 11 is 0. The van der Waals surface area contributed by atoms with E-state index in [1.807, 2.05) is 0 Å². The van der Waals surface area contributed by atoms with Crippen molar-refractivity contribution in [2.75, 3.05) is 13.2 Å². The first kappa shape index (κ1) is 13.7. The molecule has 0 amide bonds. The zero-order valence-electron chi connectivity index (χ0n) is 10.7. The predicted octanol–water partition coefficient (Wildman–Crippen LogP) is 3.75. The van der Waals surface area contributed by atoms with Gasteiger partial charge in [0.1, 0.15) is 5.75 Å². The summed E-state index contributed by atoms with van der Waals surface area (Å²) in [6.45, 7) is 5.56. The normalized spacial score (nSPS) is 10.2. The lowest BCUT2D eigenvalue weighted by Gasteiger charge is -2.10. The second kappa shape index (κ2) is 7.82. The Hall–Kier alpha value is -1.38. The molecule has 0 aliphatic rings. The lowest BCUT2D eigenvalue weighted by molar-refractivity contribution is 0.282. The molecule has 0 aliphatic heterocycles. The van der Waals surface area contributed by atoms with Gasteiger partial charge in [0.05, 0.1) is 13.2 Å². The highest BCUT2D eigenvalue weighted by atomic mass is 16.5. The van der Waals surface area contributed by atoms with Crippen molar-refractivity contribution in [2.45, 2.75) is 39.5 Å². The van der Waals surface area contributed by atoms with Crippen LogP contribution in [0.2, 0.25) is 0 Å². The molecule has 96 valence electrons. The number of benzene rings is 1. The van der Waals surface area contributed by atoms with Gasteiger partial charge in [-0.3, -0.25) is 0 Å². The van der Waals surface area contributed by atoms with Crippen molar-refractivity contribution >= 4 is 0 Å². The summed E-state index contributed by atoms with van der Waals surface area (Å²) in [7, 11) is 0. The molecule has 0 saturated heterocycles. The quantitative estimate of drug-likeness (QED) is 0.701. The van der Waals surface area contributed by atoms with E-state index in [0.717, 1.165) is 31.4 Å². The maximum Gasteiger partial charge on any atom is 0.164 e. The van der Waals surface area contributed by atoms with Gasteiger partial charge in [0.2, 0.25) is 0 Å². The Morgan fingerprint density at radius 3 is 2.29 bits per heavy atom. The van der Waals surface area contributed by atoms with Crippen molar-refractivity contribution < 1.29 is 14.6 Å². The van der Waals surface area contributed by atoms with Crippen LogP contribution in [0.15, 0.2) is 18.2 Å². The smallest absolute Gasteiger partial charge is 0.164 e. The molecule has 3 heteroatoms. The minimum absolute atomic E-state index is 0.170. The summed E-state index contributed by atoms with van der Waals surface area (Å²) in [5.41, 5.74) is 0. The average molecular weight is 238 g/mol. The third kappa shape index (κ3) is 4.98. The van der Waals surface area contributed by atoms with Gasteiger partial charge in [0.15, 0.2) is 11.5 Å². The van der Waals surface area contributed by atoms with Gasteiger partial charge in [-0.15, -0.1) is 0 Å². The topological polar surface area (TPSA) is 38.7 Å². The molecular weight excluding hydrogens is 216 g/mol. The van der Waals surface area contributed by atoms with Gasteiger partial charge in [-0.1, -0.05) is 26.7 Å². The van der Waals surface area contributed by atoms with E-state index in [2.05, 4.69) is 13.8 Å². The van der Waals surface area contributed by atoms with Crippen LogP contribution in [0.1, 0.15) is 39.5 Å². The lowest BCUT2D eigenvalue weighted by atomic mass is 10.3. The number of unbranched alkanes of at least 4 members (excludes halogenated alkanes) is 2. The maximum absolute atomic E-state index is 9.63. The molecule has 3 nitrogen and oxygen atoms in total. The van der Waals surface area contributed by atoms with Gasteiger partial charge in [0.25, 0.3) is 0 Å². The van der Waals surface area contributed by atoms with Crippen LogP contribution in [0, 0.1) is 0 Å². The van der Waals surface area contributed by atoms with Gasteiger partial charge in [-0.25, -0.2) is 0 Å². The van der Waals surface area contributed by atoms with E-state index in [-0.39, 0.29) is 5.75 Å². The second-order valence-corrected chi connectivity index (χ2v) is 4.03. The summed E-state index contributed by atoms with van der Waals surface area (Å²) in [6.07, 6.45) is 4.21. The molecule has 1 aromatic carbocycles. The Labute approximate surface area is 103 Å². The minimum atomic E-state index is 0.170. The number of phenolic OH excluding ortho intramolecular Hbond substituents is 1. The highest BCUT2D eigenvalue weighted by Crippen LogP contribution is 2.30. The number of aromatic hydroxyl groups is 1. The van der Waals surface area contributed by atoms with E-state index in [0.29, 0.717) is 19.0 Å². The van der Waals surface area contributed by atoms with Gasteiger partial charge in [-0.05, 0) is 25.0 Å². The van der Waals surface area contributed by atoms with Gasteiger partial charge in [0, 0.05) is 6.07 Å². The van der Waals surface area contributed by atoms with Crippen LogP contribution in [0.25, 0.3) is 0 Å². The predicted molar refractivity (Wildman–Crippen MR) is 68.9 cm³/mol. The van der Waals surface area contributed by atoms with Gasteiger partial charge < -0.3 is 14.6 Å². The lowest BCUT2D eigenvalue weighted by Crippen LogP contribution is -1.99. The first-order valence-corrected chi connectivity index (χ1v) is 6.36. The van der Waals surface area contributed by atoms with E-state index < -0.39 is 0 Å². The third-order valence-corrected chi connectivity index (χ3v) is 2.45. The Kier molecular flexibility index (Phi) is 6.30. The zero-order valence-corrected chi connectivity index (χ0v) is 10.7. The molecule has 0 spiro atoms. The molecule has 1 aromatic rings. The molecule has 0 heterocycles. The summed E-state index contributed by atoms with van der Waals surface area (Å²) in [6, 6.07) is 5.13. The van der Waals surface area contributed by atoms with E-state index in [1.165, 1.54) is 0 Å². The fraction of sp³-hybridized carbons (Fsp3) is 0.571. The largest absolute Gasteiger partial charge is 0.504 e. The summed E-state index contributed by atoms with van der Waals surface area (Å²) < 4.78 is 11.1. The molecular formula is C14H22O3. The number of hydrogen-bond acceptors (Lipinski definition) is 3. The van der Waals surface area contributed by atoms with Crippen LogP contribution >= 0.6 is 0 Å².